The number of ether oxygens (including phenoxy) is 1. The van der Waals surface area contributed by atoms with Gasteiger partial charge in [-0.3, -0.25) is 14.7 Å². The topological polar surface area (TPSA) is 119 Å². The lowest BCUT2D eigenvalue weighted by atomic mass is 9.49. The SMILES string of the molecule is O=c1[nH]c2c(c(=O)[nH]1)C[C@@]1(O)[C@@H]3Cc4ccc(O)c5c4[C@@]1(CCN3CC1CC1)[C@H]2O5. The molecule has 1 spiro atoms. The molecular formula is C22H23N3O5. The highest BCUT2D eigenvalue weighted by molar-refractivity contribution is 5.64. The van der Waals surface area contributed by atoms with Crippen LogP contribution in [0.15, 0.2) is 21.7 Å². The third-order valence-electron chi connectivity index (χ3n) is 8.30. The molecule has 2 aromatic rings. The van der Waals surface area contributed by atoms with Gasteiger partial charge in [-0.15, -0.1) is 0 Å². The van der Waals surface area contributed by atoms with Gasteiger partial charge < -0.3 is 19.9 Å². The van der Waals surface area contributed by atoms with E-state index in [0.29, 0.717) is 35.8 Å². The van der Waals surface area contributed by atoms with Gasteiger partial charge in [-0.2, -0.15) is 0 Å². The molecule has 30 heavy (non-hydrogen) atoms. The van der Waals surface area contributed by atoms with Gasteiger partial charge in [0.1, 0.15) is 0 Å². The van der Waals surface area contributed by atoms with E-state index >= 15 is 0 Å². The summed E-state index contributed by atoms with van der Waals surface area (Å²) in [5.41, 5.74) is -0.294. The first-order chi connectivity index (χ1) is 14.4. The number of hydrogen-bond acceptors (Lipinski definition) is 6. The lowest BCUT2D eigenvalue weighted by Gasteiger charge is -2.62. The molecule has 3 heterocycles. The first kappa shape index (κ1) is 17.1. The minimum Gasteiger partial charge on any atom is -0.504 e. The number of nitrogens with one attached hydrogen (secondary N) is 2. The molecule has 7 rings (SSSR count). The van der Waals surface area contributed by atoms with Crippen molar-refractivity contribution in [3.05, 3.63) is 55.4 Å². The third-order valence-corrected chi connectivity index (χ3v) is 8.30. The summed E-state index contributed by atoms with van der Waals surface area (Å²) >= 11 is 0. The normalized spacial score (nSPS) is 35.5. The van der Waals surface area contributed by atoms with Crippen molar-refractivity contribution in [3.8, 4) is 11.5 Å². The van der Waals surface area contributed by atoms with Crippen LogP contribution in [0.25, 0.3) is 0 Å². The van der Waals surface area contributed by atoms with Crippen molar-refractivity contribution < 1.29 is 14.9 Å². The molecule has 0 unspecified atom stereocenters. The van der Waals surface area contributed by atoms with Crippen LogP contribution < -0.4 is 16.0 Å². The number of likely N-dealkylation sites (tertiary alicyclic amines) is 1. The number of aromatic amines is 2. The van der Waals surface area contributed by atoms with Crippen LogP contribution in [0.5, 0.6) is 11.5 Å². The highest BCUT2D eigenvalue weighted by atomic mass is 16.5. The van der Waals surface area contributed by atoms with Crippen LogP contribution in [0, 0.1) is 5.92 Å². The van der Waals surface area contributed by atoms with E-state index in [1.54, 1.807) is 6.07 Å². The highest BCUT2D eigenvalue weighted by Gasteiger charge is 2.73. The first-order valence-corrected chi connectivity index (χ1v) is 10.8. The van der Waals surface area contributed by atoms with E-state index in [0.717, 1.165) is 24.2 Å². The second-order valence-electron chi connectivity index (χ2n) is 9.73. The summed E-state index contributed by atoms with van der Waals surface area (Å²) in [6.45, 7) is 1.78. The van der Waals surface area contributed by atoms with Crippen molar-refractivity contribution in [2.24, 2.45) is 5.92 Å². The zero-order valence-electron chi connectivity index (χ0n) is 16.4. The van der Waals surface area contributed by atoms with Crippen molar-refractivity contribution in [1.29, 1.82) is 0 Å². The fraction of sp³-hybridized carbons (Fsp3) is 0.545. The van der Waals surface area contributed by atoms with Crippen LogP contribution in [0.4, 0.5) is 0 Å². The summed E-state index contributed by atoms with van der Waals surface area (Å²) in [6.07, 6.45) is 3.23. The second kappa shape index (κ2) is 5.18. The predicted octanol–water partition coefficient (Wildman–Crippen LogP) is 0.468. The summed E-state index contributed by atoms with van der Waals surface area (Å²) in [5, 5.41) is 23.0. The summed E-state index contributed by atoms with van der Waals surface area (Å²) in [6, 6.07) is 3.44. The standard InChI is InChI=1S/C22H23N3O5/c26-13-4-3-11-7-14-22(29)8-12-16(23-20(28)24-19(12)27)18-21(22,15(11)17(13)30-18)5-6-25(14)9-10-1-2-10/h3-4,10,14,18,26,29H,1-2,5-9H2,(H2,23,24,27,28)/t14-,18-,21-,22+/m0/s1. The monoisotopic (exact) mass is 409 g/mol. The molecule has 2 fully saturated rings. The molecule has 1 aromatic heterocycles. The van der Waals surface area contributed by atoms with Crippen molar-refractivity contribution in [2.75, 3.05) is 13.1 Å². The maximum absolute atomic E-state index is 12.7. The Balaban J connectivity index is 1.53. The van der Waals surface area contributed by atoms with Gasteiger partial charge in [0.2, 0.25) is 0 Å². The number of nitrogens with zero attached hydrogens (tertiary/aromatic N) is 1. The molecule has 1 saturated carbocycles. The van der Waals surface area contributed by atoms with E-state index < -0.39 is 28.4 Å². The van der Waals surface area contributed by atoms with Crippen LogP contribution >= 0.6 is 0 Å². The number of aromatic nitrogens is 2. The zero-order chi connectivity index (χ0) is 20.4. The number of hydrogen-bond donors (Lipinski definition) is 4. The Morgan fingerprint density at radius 2 is 2.07 bits per heavy atom. The van der Waals surface area contributed by atoms with Gasteiger partial charge >= 0.3 is 5.69 Å². The van der Waals surface area contributed by atoms with Crippen LogP contribution in [0.3, 0.4) is 0 Å². The van der Waals surface area contributed by atoms with Crippen molar-refractivity contribution in [1.82, 2.24) is 14.9 Å². The van der Waals surface area contributed by atoms with Gasteiger partial charge in [0.15, 0.2) is 17.6 Å². The quantitative estimate of drug-likeness (QED) is 0.573. The van der Waals surface area contributed by atoms with Gasteiger partial charge in [0.05, 0.1) is 16.7 Å². The highest BCUT2D eigenvalue weighted by Crippen LogP contribution is 2.68. The van der Waals surface area contributed by atoms with Crippen molar-refractivity contribution >= 4 is 0 Å². The van der Waals surface area contributed by atoms with Crippen molar-refractivity contribution in [2.45, 2.75) is 55.3 Å². The number of fused-ring (bicyclic) bond motifs is 2. The summed E-state index contributed by atoms with van der Waals surface area (Å²) in [7, 11) is 0. The molecule has 0 amide bonds. The first-order valence-electron chi connectivity index (χ1n) is 10.8. The van der Waals surface area contributed by atoms with E-state index in [2.05, 4.69) is 14.9 Å². The number of phenols is 1. The Morgan fingerprint density at radius 3 is 2.87 bits per heavy atom. The molecule has 0 radical (unpaired) electrons. The number of phenolic OH excluding ortho intramolecular Hbond substituents is 1. The largest absolute Gasteiger partial charge is 0.504 e. The Hall–Kier alpha value is -2.58. The Morgan fingerprint density at radius 1 is 1.23 bits per heavy atom. The van der Waals surface area contributed by atoms with Crippen LogP contribution in [-0.2, 0) is 18.3 Å². The molecule has 8 heteroatoms. The van der Waals surface area contributed by atoms with Gasteiger partial charge in [0, 0.05) is 30.1 Å². The Kier molecular flexibility index (Phi) is 2.96. The lowest BCUT2D eigenvalue weighted by Crippen LogP contribution is -2.75. The molecule has 4 atom stereocenters. The molecule has 1 aromatic carbocycles. The molecule has 156 valence electrons. The summed E-state index contributed by atoms with van der Waals surface area (Å²) in [4.78, 5) is 32.3. The fourth-order valence-electron chi connectivity index (χ4n) is 6.87. The molecule has 1 saturated heterocycles. The molecule has 2 aliphatic heterocycles. The summed E-state index contributed by atoms with van der Waals surface area (Å²) in [5.74, 6) is 1.11. The van der Waals surface area contributed by atoms with E-state index in [1.165, 1.54) is 12.8 Å². The number of piperidine rings is 1. The zero-order valence-corrected chi connectivity index (χ0v) is 16.4. The second-order valence-corrected chi connectivity index (χ2v) is 9.73. The molecule has 3 aliphatic carbocycles. The lowest BCUT2D eigenvalue weighted by molar-refractivity contribution is -0.174. The molecular weight excluding hydrogens is 386 g/mol. The smallest absolute Gasteiger partial charge is 0.326 e. The Bertz CT molecular complexity index is 1230. The minimum atomic E-state index is -1.21. The molecule has 4 N–H and O–H groups in total. The van der Waals surface area contributed by atoms with Crippen molar-refractivity contribution in [3.63, 3.8) is 0 Å². The summed E-state index contributed by atoms with van der Waals surface area (Å²) < 4.78 is 6.29. The predicted molar refractivity (Wildman–Crippen MR) is 106 cm³/mol. The van der Waals surface area contributed by atoms with Crippen LogP contribution in [0.1, 0.15) is 47.8 Å². The number of H-pyrrole nitrogens is 2. The maximum atomic E-state index is 12.7. The number of rotatable bonds is 2. The van der Waals surface area contributed by atoms with Gasteiger partial charge in [-0.05, 0) is 49.8 Å². The third kappa shape index (κ3) is 1.81. The number of aliphatic hydroxyl groups is 1. The van der Waals surface area contributed by atoms with Gasteiger partial charge in [0.25, 0.3) is 5.56 Å². The number of benzene rings is 1. The van der Waals surface area contributed by atoms with E-state index in [-0.39, 0.29) is 18.2 Å². The molecule has 8 nitrogen and oxygen atoms in total. The van der Waals surface area contributed by atoms with Crippen LogP contribution in [0.2, 0.25) is 0 Å². The molecule has 2 bridgehead atoms. The van der Waals surface area contributed by atoms with E-state index in [4.69, 9.17) is 4.74 Å². The Labute approximate surface area is 171 Å². The van der Waals surface area contributed by atoms with Gasteiger partial charge in [-0.25, -0.2) is 4.79 Å². The van der Waals surface area contributed by atoms with E-state index in [1.807, 2.05) is 6.07 Å². The van der Waals surface area contributed by atoms with Gasteiger partial charge in [-0.1, -0.05) is 6.07 Å². The minimum absolute atomic E-state index is 0.0347. The fourth-order valence-corrected chi connectivity index (χ4v) is 6.87. The molecule has 5 aliphatic rings. The maximum Gasteiger partial charge on any atom is 0.326 e. The van der Waals surface area contributed by atoms with E-state index in [9.17, 15) is 19.8 Å². The van der Waals surface area contributed by atoms with Crippen LogP contribution in [-0.4, -0.2) is 49.8 Å². The average molecular weight is 409 g/mol. The average Bonchev–Trinajstić information content (AvgIpc) is 3.43. The number of aromatic hydroxyl groups is 1.